The van der Waals surface area contributed by atoms with Crippen LogP contribution in [0.3, 0.4) is 0 Å². The van der Waals surface area contributed by atoms with Crippen molar-refractivity contribution in [3.05, 3.63) is 0 Å². The Morgan fingerprint density at radius 3 is 1.86 bits per heavy atom. The molecule has 0 atom stereocenters. The maximum Gasteiger partial charge on any atom is 0.186 e. The number of nitrogens with one attached hydrogen (secondary N) is 1. The van der Waals surface area contributed by atoms with Gasteiger partial charge in [-0.3, -0.25) is 5.41 Å². The van der Waals surface area contributed by atoms with Crippen LogP contribution in [-0.2, 0) is 4.74 Å². The maximum absolute atomic E-state index is 7.99. The average molecular weight is 193 g/mol. The molecule has 0 aliphatic heterocycles. The fraction of sp³-hybridized carbons (Fsp3) is 0.917. The van der Waals surface area contributed by atoms with Crippen LogP contribution in [0.4, 0.5) is 0 Å². The lowest BCUT2D eigenvalue weighted by molar-refractivity contribution is -0.0233. The molecule has 1 N–H and O–H groups in total. The van der Waals surface area contributed by atoms with Gasteiger partial charge in [0, 0.05) is 5.41 Å². The Balaban J connectivity index is 1.91. The van der Waals surface area contributed by atoms with E-state index in [1.165, 1.54) is 38.5 Å². The van der Waals surface area contributed by atoms with Crippen molar-refractivity contribution < 1.29 is 4.74 Å². The molecule has 4 rings (SSSR count). The predicted octanol–water partition coefficient (Wildman–Crippen LogP) is 2.83. The highest BCUT2D eigenvalue weighted by atomic mass is 16.5. The molecule has 0 saturated heterocycles. The first-order valence-corrected chi connectivity index (χ1v) is 5.85. The van der Waals surface area contributed by atoms with Gasteiger partial charge in [-0.1, -0.05) is 0 Å². The number of ether oxygens (including phenoxy) is 1. The van der Waals surface area contributed by atoms with Gasteiger partial charge < -0.3 is 4.74 Å². The van der Waals surface area contributed by atoms with E-state index >= 15 is 0 Å². The van der Waals surface area contributed by atoms with E-state index in [0.717, 1.165) is 17.8 Å². The van der Waals surface area contributed by atoms with Gasteiger partial charge >= 0.3 is 0 Å². The van der Waals surface area contributed by atoms with Crippen molar-refractivity contribution in [3.63, 3.8) is 0 Å². The molecule has 2 nitrogen and oxygen atoms in total. The molecule has 4 fully saturated rings. The van der Waals surface area contributed by atoms with Crippen molar-refractivity contribution in [1.29, 1.82) is 5.41 Å². The standard InChI is InChI=1S/C12H19NO/c1-14-11(13)12-5-8-2-9(6-12)4-10(3-8)7-12/h8-10,13H,2-7H2,1H3. The summed E-state index contributed by atoms with van der Waals surface area (Å²) in [4.78, 5) is 0. The SMILES string of the molecule is COC(=N)C12CC3CC(CC(C3)C1)C2. The van der Waals surface area contributed by atoms with Crippen molar-refractivity contribution in [3.8, 4) is 0 Å². The Hall–Kier alpha value is -0.530. The summed E-state index contributed by atoms with van der Waals surface area (Å²) in [5.74, 6) is 3.32. The zero-order valence-corrected chi connectivity index (χ0v) is 8.88. The summed E-state index contributed by atoms with van der Waals surface area (Å²) in [5, 5.41) is 7.99. The smallest absolute Gasteiger partial charge is 0.186 e. The second-order valence-corrected chi connectivity index (χ2v) is 5.73. The Labute approximate surface area is 85.5 Å². The van der Waals surface area contributed by atoms with Gasteiger partial charge in [-0.05, 0) is 56.3 Å². The minimum absolute atomic E-state index is 0.170. The summed E-state index contributed by atoms with van der Waals surface area (Å²) in [6, 6.07) is 0. The molecule has 4 bridgehead atoms. The molecule has 0 aromatic rings. The summed E-state index contributed by atoms with van der Waals surface area (Å²) >= 11 is 0. The molecule has 0 aromatic heterocycles. The first kappa shape index (κ1) is 8.75. The largest absolute Gasteiger partial charge is 0.484 e. The fourth-order valence-corrected chi connectivity index (χ4v) is 4.61. The Bertz CT molecular complexity index is 236. The molecule has 0 spiro atoms. The van der Waals surface area contributed by atoms with Gasteiger partial charge in [-0.15, -0.1) is 0 Å². The van der Waals surface area contributed by atoms with Crippen LogP contribution in [0, 0.1) is 28.6 Å². The third-order valence-corrected chi connectivity index (χ3v) is 4.72. The van der Waals surface area contributed by atoms with Gasteiger partial charge in [0.05, 0.1) is 7.11 Å². The van der Waals surface area contributed by atoms with Gasteiger partial charge in [0.1, 0.15) is 0 Å². The normalized spacial score (nSPS) is 49.4. The van der Waals surface area contributed by atoms with Gasteiger partial charge in [0.2, 0.25) is 0 Å². The molecule has 0 heterocycles. The van der Waals surface area contributed by atoms with E-state index < -0.39 is 0 Å². The maximum atomic E-state index is 7.99. The number of rotatable bonds is 1. The molecule has 4 aliphatic carbocycles. The third-order valence-electron chi connectivity index (χ3n) is 4.72. The summed E-state index contributed by atoms with van der Waals surface area (Å²) in [6.07, 6.45) is 8.05. The summed E-state index contributed by atoms with van der Waals surface area (Å²) in [7, 11) is 1.67. The summed E-state index contributed by atoms with van der Waals surface area (Å²) < 4.78 is 5.22. The summed E-state index contributed by atoms with van der Waals surface area (Å²) in [6.45, 7) is 0. The van der Waals surface area contributed by atoms with Crippen molar-refractivity contribution in [2.24, 2.45) is 23.2 Å². The molecule has 14 heavy (non-hydrogen) atoms. The van der Waals surface area contributed by atoms with Crippen LogP contribution in [0.2, 0.25) is 0 Å². The molecule has 0 unspecified atom stereocenters. The molecule has 0 aromatic carbocycles. The summed E-state index contributed by atoms with van der Waals surface area (Å²) in [5.41, 5.74) is 0.170. The predicted molar refractivity (Wildman–Crippen MR) is 55.3 cm³/mol. The molecule has 0 radical (unpaired) electrons. The first-order chi connectivity index (χ1) is 6.72. The van der Waals surface area contributed by atoms with Crippen LogP contribution >= 0.6 is 0 Å². The highest BCUT2D eigenvalue weighted by Gasteiger charge is 2.53. The molecule has 78 valence electrons. The van der Waals surface area contributed by atoms with Crippen molar-refractivity contribution in [1.82, 2.24) is 0 Å². The molecule has 2 heteroatoms. The van der Waals surface area contributed by atoms with Gasteiger partial charge in [0.25, 0.3) is 0 Å². The first-order valence-electron chi connectivity index (χ1n) is 5.85. The van der Waals surface area contributed by atoms with E-state index in [1.807, 2.05) is 0 Å². The lowest BCUT2D eigenvalue weighted by atomic mass is 9.49. The zero-order valence-electron chi connectivity index (χ0n) is 8.88. The van der Waals surface area contributed by atoms with Crippen LogP contribution in [0.1, 0.15) is 38.5 Å². The quantitative estimate of drug-likeness (QED) is 0.504. The van der Waals surface area contributed by atoms with E-state index in [9.17, 15) is 0 Å². The van der Waals surface area contributed by atoms with Crippen LogP contribution < -0.4 is 0 Å². The highest BCUT2D eigenvalue weighted by Crippen LogP contribution is 2.60. The van der Waals surface area contributed by atoms with Crippen LogP contribution in [0.15, 0.2) is 0 Å². The van der Waals surface area contributed by atoms with Gasteiger partial charge in [-0.25, -0.2) is 0 Å². The van der Waals surface area contributed by atoms with Crippen LogP contribution in [0.5, 0.6) is 0 Å². The number of hydrogen-bond acceptors (Lipinski definition) is 2. The monoisotopic (exact) mass is 193 g/mol. The Morgan fingerprint density at radius 2 is 1.50 bits per heavy atom. The van der Waals surface area contributed by atoms with E-state index in [-0.39, 0.29) is 5.41 Å². The second kappa shape index (κ2) is 2.74. The zero-order chi connectivity index (χ0) is 9.76. The third kappa shape index (κ3) is 1.06. The van der Waals surface area contributed by atoms with Gasteiger partial charge in [0.15, 0.2) is 5.90 Å². The van der Waals surface area contributed by atoms with Crippen molar-refractivity contribution in [2.75, 3.05) is 7.11 Å². The van der Waals surface area contributed by atoms with E-state index in [4.69, 9.17) is 10.1 Å². The van der Waals surface area contributed by atoms with Gasteiger partial charge in [-0.2, -0.15) is 0 Å². The Morgan fingerprint density at radius 1 is 1.07 bits per heavy atom. The van der Waals surface area contributed by atoms with E-state index in [1.54, 1.807) is 7.11 Å². The van der Waals surface area contributed by atoms with Crippen LogP contribution in [-0.4, -0.2) is 13.0 Å². The second-order valence-electron chi connectivity index (χ2n) is 5.73. The van der Waals surface area contributed by atoms with Crippen molar-refractivity contribution >= 4 is 5.90 Å². The molecule has 4 aliphatic rings. The Kier molecular flexibility index (Phi) is 1.71. The molecular weight excluding hydrogens is 174 g/mol. The molecule has 4 saturated carbocycles. The number of methoxy groups -OCH3 is 1. The topological polar surface area (TPSA) is 33.1 Å². The number of hydrogen-bond donors (Lipinski definition) is 1. The average Bonchev–Trinajstić information content (AvgIpc) is 2.14. The van der Waals surface area contributed by atoms with E-state index in [2.05, 4.69) is 0 Å². The van der Waals surface area contributed by atoms with E-state index in [0.29, 0.717) is 5.90 Å². The van der Waals surface area contributed by atoms with Crippen molar-refractivity contribution in [2.45, 2.75) is 38.5 Å². The minimum Gasteiger partial charge on any atom is -0.484 e. The lowest BCUT2D eigenvalue weighted by Crippen LogP contribution is -2.50. The highest BCUT2D eigenvalue weighted by molar-refractivity contribution is 5.80. The lowest BCUT2D eigenvalue weighted by Gasteiger charge is -2.56. The minimum atomic E-state index is 0.170. The molecule has 0 amide bonds. The van der Waals surface area contributed by atoms with Crippen LogP contribution in [0.25, 0.3) is 0 Å². The fourth-order valence-electron chi connectivity index (χ4n) is 4.61. The molecular formula is C12H19NO.